The molecule has 1 heterocycles. The highest BCUT2D eigenvalue weighted by Gasteiger charge is 2.28. The average Bonchev–Trinajstić information content (AvgIpc) is 2.49. The molecule has 1 aliphatic rings. The molecule has 0 unspecified atom stereocenters. The number of carbonyl (C=O) groups excluding carboxylic acids is 2. The fourth-order valence-corrected chi connectivity index (χ4v) is 2.74. The molecule has 0 bridgehead atoms. The Kier molecular flexibility index (Phi) is 5.58. The topological polar surface area (TPSA) is 49.4 Å². The standard InChI is InChI=1S/C17H22Cl2N2O2/c1-17(2,3)16(23)20-12-6-8-21(9-7-12)15(22)11-4-5-13(18)14(19)10-11/h4-5,10,12H,6-9H2,1-3H3,(H,20,23). The SMILES string of the molecule is CC(C)(C)C(=O)NC1CCN(C(=O)c2ccc(Cl)c(Cl)c2)CC1. The molecule has 0 aliphatic carbocycles. The van der Waals surface area contributed by atoms with Gasteiger partial charge in [0.2, 0.25) is 5.91 Å². The summed E-state index contributed by atoms with van der Waals surface area (Å²) in [4.78, 5) is 26.3. The molecule has 6 heteroatoms. The van der Waals surface area contributed by atoms with Crippen LogP contribution in [0.25, 0.3) is 0 Å². The minimum absolute atomic E-state index is 0.0479. The van der Waals surface area contributed by atoms with E-state index < -0.39 is 5.41 Å². The molecule has 4 nitrogen and oxygen atoms in total. The summed E-state index contributed by atoms with van der Waals surface area (Å²) in [6, 6.07) is 5.04. The Morgan fingerprint density at radius 1 is 1.13 bits per heavy atom. The van der Waals surface area contributed by atoms with Crippen LogP contribution in [0.3, 0.4) is 0 Å². The van der Waals surface area contributed by atoms with Gasteiger partial charge in [0.05, 0.1) is 10.0 Å². The molecule has 0 spiro atoms. The van der Waals surface area contributed by atoms with Crippen LogP contribution in [-0.2, 0) is 4.79 Å². The van der Waals surface area contributed by atoms with Crippen molar-refractivity contribution in [2.45, 2.75) is 39.7 Å². The number of likely N-dealkylation sites (tertiary alicyclic amines) is 1. The highest BCUT2D eigenvalue weighted by molar-refractivity contribution is 6.42. The molecular formula is C17H22Cl2N2O2. The molecule has 0 radical (unpaired) electrons. The van der Waals surface area contributed by atoms with E-state index in [1.165, 1.54) is 0 Å². The monoisotopic (exact) mass is 356 g/mol. The Bertz CT molecular complexity index is 603. The Morgan fingerprint density at radius 3 is 2.26 bits per heavy atom. The summed E-state index contributed by atoms with van der Waals surface area (Å²) in [5.74, 6) is -0.00377. The Hall–Kier alpha value is -1.26. The highest BCUT2D eigenvalue weighted by Crippen LogP contribution is 2.24. The Balaban J connectivity index is 1.92. The van der Waals surface area contributed by atoms with E-state index in [0.29, 0.717) is 28.7 Å². The largest absolute Gasteiger partial charge is 0.353 e. The molecule has 0 atom stereocenters. The molecule has 1 saturated heterocycles. The first-order valence-corrected chi connectivity index (χ1v) is 8.49. The lowest BCUT2D eigenvalue weighted by Gasteiger charge is -2.33. The minimum Gasteiger partial charge on any atom is -0.353 e. The maximum Gasteiger partial charge on any atom is 0.253 e. The van der Waals surface area contributed by atoms with Crippen LogP contribution >= 0.6 is 23.2 Å². The van der Waals surface area contributed by atoms with Gasteiger partial charge < -0.3 is 10.2 Å². The molecule has 2 rings (SSSR count). The second-order valence-corrected chi connectivity index (χ2v) is 7.73. The summed E-state index contributed by atoms with van der Waals surface area (Å²) in [7, 11) is 0. The first kappa shape index (κ1) is 18.1. The fourth-order valence-electron chi connectivity index (χ4n) is 2.44. The first-order chi connectivity index (χ1) is 10.7. The zero-order chi connectivity index (χ0) is 17.2. The van der Waals surface area contributed by atoms with Crippen LogP contribution in [-0.4, -0.2) is 35.8 Å². The van der Waals surface area contributed by atoms with Crippen molar-refractivity contribution in [2.75, 3.05) is 13.1 Å². The van der Waals surface area contributed by atoms with Gasteiger partial charge in [0.1, 0.15) is 0 Å². The predicted molar refractivity (Wildman–Crippen MR) is 93.0 cm³/mol. The zero-order valence-corrected chi connectivity index (χ0v) is 15.2. The molecule has 0 saturated carbocycles. The van der Waals surface area contributed by atoms with Crippen LogP contribution < -0.4 is 5.32 Å². The number of amides is 2. The molecular weight excluding hydrogens is 335 g/mol. The molecule has 0 aromatic heterocycles. The maximum absolute atomic E-state index is 12.5. The number of carbonyl (C=O) groups is 2. The Labute approximate surface area is 147 Å². The summed E-state index contributed by atoms with van der Waals surface area (Å²) < 4.78 is 0. The van der Waals surface area contributed by atoms with Crippen molar-refractivity contribution in [3.05, 3.63) is 33.8 Å². The van der Waals surface area contributed by atoms with Gasteiger partial charge in [-0.25, -0.2) is 0 Å². The molecule has 126 valence electrons. The summed E-state index contributed by atoms with van der Waals surface area (Å²) in [6.45, 7) is 6.92. The molecule has 1 aromatic rings. The van der Waals surface area contributed by atoms with Gasteiger partial charge in [-0.15, -0.1) is 0 Å². The third-order valence-electron chi connectivity index (χ3n) is 3.97. The van der Waals surface area contributed by atoms with Crippen molar-refractivity contribution in [1.29, 1.82) is 0 Å². The van der Waals surface area contributed by atoms with Crippen LogP contribution in [0.4, 0.5) is 0 Å². The third kappa shape index (κ3) is 4.61. The summed E-state index contributed by atoms with van der Waals surface area (Å²) >= 11 is 11.8. The van der Waals surface area contributed by atoms with E-state index in [9.17, 15) is 9.59 Å². The van der Waals surface area contributed by atoms with Crippen molar-refractivity contribution in [3.8, 4) is 0 Å². The number of nitrogens with zero attached hydrogens (tertiary/aromatic N) is 1. The highest BCUT2D eigenvalue weighted by atomic mass is 35.5. The number of nitrogens with one attached hydrogen (secondary N) is 1. The molecule has 1 aromatic carbocycles. The van der Waals surface area contributed by atoms with E-state index in [4.69, 9.17) is 23.2 Å². The van der Waals surface area contributed by atoms with Gasteiger partial charge in [0.25, 0.3) is 5.91 Å². The number of hydrogen-bond donors (Lipinski definition) is 1. The quantitative estimate of drug-likeness (QED) is 0.876. The first-order valence-electron chi connectivity index (χ1n) is 7.74. The number of hydrogen-bond acceptors (Lipinski definition) is 2. The average molecular weight is 357 g/mol. The van der Waals surface area contributed by atoms with Gasteiger partial charge in [-0.1, -0.05) is 44.0 Å². The van der Waals surface area contributed by atoms with E-state index in [2.05, 4.69) is 5.32 Å². The fraction of sp³-hybridized carbons (Fsp3) is 0.529. The van der Waals surface area contributed by atoms with Gasteiger partial charge in [-0.3, -0.25) is 9.59 Å². The van der Waals surface area contributed by atoms with E-state index in [1.807, 2.05) is 20.8 Å². The smallest absolute Gasteiger partial charge is 0.253 e. The van der Waals surface area contributed by atoms with Gasteiger partial charge in [0, 0.05) is 30.1 Å². The normalized spacial score (nSPS) is 16.3. The van der Waals surface area contributed by atoms with Crippen molar-refractivity contribution >= 4 is 35.0 Å². The van der Waals surface area contributed by atoms with Crippen LogP contribution in [0.5, 0.6) is 0 Å². The van der Waals surface area contributed by atoms with Gasteiger partial charge in [-0.05, 0) is 31.0 Å². The van der Waals surface area contributed by atoms with Crippen LogP contribution in [0, 0.1) is 5.41 Å². The van der Waals surface area contributed by atoms with Gasteiger partial charge >= 0.3 is 0 Å². The minimum atomic E-state index is -0.396. The summed E-state index contributed by atoms with van der Waals surface area (Å²) in [5.41, 5.74) is 0.143. The molecule has 1 fully saturated rings. The number of benzene rings is 1. The summed E-state index contributed by atoms with van der Waals surface area (Å²) in [5, 5.41) is 3.88. The third-order valence-corrected chi connectivity index (χ3v) is 4.70. The van der Waals surface area contributed by atoms with Gasteiger partial charge in [0.15, 0.2) is 0 Å². The van der Waals surface area contributed by atoms with E-state index in [0.717, 1.165) is 12.8 Å². The molecule has 1 aliphatic heterocycles. The number of rotatable bonds is 2. The number of piperidine rings is 1. The van der Waals surface area contributed by atoms with E-state index in [-0.39, 0.29) is 17.9 Å². The Morgan fingerprint density at radius 2 is 1.74 bits per heavy atom. The van der Waals surface area contributed by atoms with Crippen LogP contribution in [0.15, 0.2) is 18.2 Å². The van der Waals surface area contributed by atoms with E-state index >= 15 is 0 Å². The van der Waals surface area contributed by atoms with Crippen molar-refractivity contribution in [2.24, 2.45) is 5.41 Å². The van der Waals surface area contributed by atoms with E-state index in [1.54, 1.807) is 23.1 Å². The predicted octanol–water partition coefficient (Wildman–Crippen LogP) is 3.76. The van der Waals surface area contributed by atoms with Crippen molar-refractivity contribution in [1.82, 2.24) is 10.2 Å². The van der Waals surface area contributed by atoms with Crippen molar-refractivity contribution < 1.29 is 9.59 Å². The van der Waals surface area contributed by atoms with Gasteiger partial charge in [-0.2, -0.15) is 0 Å². The maximum atomic E-state index is 12.5. The lowest BCUT2D eigenvalue weighted by molar-refractivity contribution is -0.129. The molecule has 2 amide bonds. The molecule has 1 N–H and O–H groups in total. The lowest BCUT2D eigenvalue weighted by atomic mass is 9.94. The van der Waals surface area contributed by atoms with Crippen LogP contribution in [0.2, 0.25) is 10.0 Å². The second kappa shape index (κ2) is 7.10. The lowest BCUT2D eigenvalue weighted by Crippen LogP contribution is -2.49. The van der Waals surface area contributed by atoms with Crippen molar-refractivity contribution in [3.63, 3.8) is 0 Å². The summed E-state index contributed by atoms with van der Waals surface area (Å²) in [6.07, 6.45) is 1.52. The number of halogens is 2. The second-order valence-electron chi connectivity index (χ2n) is 6.92. The van der Waals surface area contributed by atoms with Crippen LogP contribution in [0.1, 0.15) is 44.0 Å². The zero-order valence-electron chi connectivity index (χ0n) is 13.7. The molecule has 23 heavy (non-hydrogen) atoms.